The summed E-state index contributed by atoms with van der Waals surface area (Å²) in [7, 11) is 0. The molecule has 2 radical (unpaired) electrons. The smallest absolute Gasteiger partial charge is 0.300 e. The van der Waals surface area contributed by atoms with Crippen LogP contribution in [0.15, 0.2) is 0 Å². The first kappa shape index (κ1) is 4.64. The Hall–Kier alpha value is -0.510. The summed E-state index contributed by atoms with van der Waals surface area (Å²) in [5, 5.41) is 1.61. The average Bonchev–Trinajstić information content (AvgIpc) is 1.91. The van der Waals surface area contributed by atoms with Crippen LogP contribution in [0.2, 0.25) is 0 Å². The van der Waals surface area contributed by atoms with E-state index in [1.165, 1.54) is 0 Å². The highest BCUT2D eigenvalue weighted by atomic mass is 32.2. The van der Waals surface area contributed by atoms with Gasteiger partial charge in [0.05, 0.1) is 0 Å². The molecular weight excluding hydrogens is 114 g/mol. The molecule has 0 spiro atoms. The molecule has 1 aliphatic heterocycles. The molecule has 1 aliphatic rings. The SMILES string of the molecule is O=C1N[C]SC1=O. The largest absolute Gasteiger partial charge is 0.328 e. The van der Waals surface area contributed by atoms with Crippen molar-refractivity contribution in [2.24, 2.45) is 0 Å². The molecule has 0 saturated carbocycles. The molecule has 3 nitrogen and oxygen atoms in total. The predicted octanol–water partition coefficient (Wildman–Crippen LogP) is -0.628. The first-order valence-electron chi connectivity index (χ1n) is 1.57. The lowest BCUT2D eigenvalue weighted by Gasteiger charge is -1.75. The van der Waals surface area contributed by atoms with E-state index in [-0.39, 0.29) is 0 Å². The molecule has 4 heteroatoms. The molecule has 1 fully saturated rings. The van der Waals surface area contributed by atoms with Gasteiger partial charge in [-0.2, -0.15) is 0 Å². The van der Waals surface area contributed by atoms with Gasteiger partial charge in [-0.3, -0.25) is 9.59 Å². The summed E-state index contributed by atoms with van der Waals surface area (Å²) in [4.78, 5) is 20.1. The summed E-state index contributed by atoms with van der Waals surface area (Å²) in [6.45, 7) is 0. The molecule has 36 valence electrons. The van der Waals surface area contributed by atoms with Gasteiger partial charge in [0, 0.05) is 0 Å². The summed E-state index contributed by atoms with van der Waals surface area (Å²) in [6, 6.07) is 0. The van der Waals surface area contributed by atoms with Gasteiger partial charge in [-0.25, -0.2) is 0 Å². The van der Waals surface area contributed by atoms with Crippen LogP contribution >= 0.6 is 11.8 Å². The maximum Gasteiger partial charge on any atom is 0.300 e. The van der Waals surface area contributed by atoms with Crippen molar-refractivity contribution in [1.29, 1.82) is 0 Å². The van der Waals surface area contributed by atoms with Gasteiger partial charge in [0.1, 0.15) is 0 Å². The minimum Gasteiger partial charge on any atom is -0.328 e. The number of hydrogen-bond donors (Lipinski definition) is 1. The first-order chi connectivity index (χ1) is 3.30. The van der Waals surface area contributed by atoms with E-state index >= 15 is 0 Å². The Balaban J connectivity index is 2.65. The molecule has 0 aromatic heterocycles. The summed E-state index contributed by atoms with van der Waals surface area (Å²) in [5.74, 6) is 1.71. The number of nitrogens with one attached hydrogen (secondary N) is 1. The number of rotatable bonds is 0. The van der Waals surface area contributed by atoms with Gasteiger partial charge in [0.25, 0.3) is 11.0 Å². The highest BCUT2D eigenvalue weighted by Crippen LogP contribution is 2.09. The van der Waals surface area contributed by atoms with Gasteiger partial charge >= 0.3 is 0 Å². The topological polar surface area (TPSA) is 46.2 Å². The zero-order chi connectivity index (χ0) is 5.28. The molecule has 7 heavy (non-hydrogen) atoms. The molecule has 0 aliphatic carbocycles. The van der Waals surface area contributed by atoms with Gasteiger partial charge in [-0.1, -0.05) is 0 Å². The molecule has 0 aromatic carbocycles. The normalized spacial score (nSPS) is 20.0. The molecule has 0 atom stereocenters. The lowest BCUT2D eigenvalue weighted by molar-refractivity contribution is -0.131. The quantitative estimate of drug-likeness (QED) is 0.428. The first-order valence-corrected chi connectivity index (χ1v) is 2.38. The number of amides is 1. The summed E-state index contributed by atoms with van der Waals surface area (Å²) in [5.41, 5.74) is 0. The molecule has 0 bridgehead atoms. The predicted molar refractivity (Wildman–Crippen MR) is 24.0 cm³/mol. The maximum atomic E-state index is 10.1. The van der Waals surface area contributed by atoms with Crippen molar-refractivity contribution in [2.75, 3.05) is 0 Å². The summed E-state index contributed by atoms with van der Waals surface area (Å²) in [6.07, 6.45) is 0. The van der Waals surface area contributed by atoms with Crippen molar-refractivity contribution < 1.29 is 9.59 Å². The van der Waals surface area contributed by atoms with E-state index in [2.05, 4.69) is 11.2 Å². The fraction of sp³-hybridized carbons (Fsp3) is 0. The fourth-order valence-corrected chi connectivity index (χ4v) is 0.596. The Morgan fingerprint density at radius 2 is 2.29 bits per heavy atom. The Bertz CT molecular complexity index is 108. The highest BCUT2D eigenvalue weighted by Gasteiger charge is 2.21. The number of hydrogen-bond acceptors (Lipinski definition) is 3. The lowest BCUT2D eigenvalue weighted by atomic mass is 10.7. The van der Waals surface area contributed by atoms with Crippen molar-refractivity contribution in [3.05, 3.63) is 5.88 Å². The zero-order valence-corrected chi connectivity index (χ0v) is 4.04. The maximum absolute atomic E-state index is 10.1. The van der Waals surface area contributed by atoms with Gasteiger partial charge in [-0.05, 0) is 11.8 Å². The second-order valence-corrected chi connectivity index (χ2v) is 1.72. The van der Waals surface area contributed by atoms with E-state index in [9.17, 15) is 9.59 Å². The van der Waals surface area contributed by atoms with Crippen molar-refractivity contribution in [2.45, 2.75) is 0 Å². The highest BCUT2D eigenvalue weighted by molar-refractivity contribution is 8.17. The Morgan fingerprint density at radius 3 is 2.43 bits per heavy atom. The van der Waals surface area contributed by atoms with E-state index in [1.54, 1.807) is 0 Å². The van der Waals surface area contributed by atoms with Crippen LogP contribution in [-0.2, 0) is 9.59 Å². The molecule has 1 saturated heterocycles. The Kier molecular flexibility index (Phi) is 1.02. The summed E-state index contributed by atoms with van der Waals surface area (Å²) >= 11 is 0.756. The van der Waals surface area contributed by atoms with E-state index in [4.69, 9.17) is 0 Å². The molecular formula is C3HNO2S. The second kappa shape index (κ2) is 1.54. The molecule has 1 amide bonds. The van der Waals surface area contributed by atoms with Crippen LogP contribution in [0, 0.1) is 5.88 Å². The van der Waals surface area contributed by atoms with Gasteiger partial charge in [0.2, 0.25) is 0 Å². The van der Waals surface area contributed by atoms with Crippen molar-refractivity contribution in [3.8, 4) is 0 Å². The molecule has 0 aromatic rings. The van der Waals surface area contributed by atoms with Gasteiger partial charge < -0.3 is 5.32 Å². The second-order valence-electron chi connectivity index (χ2n) is 0.946. The van der Waals surface area contributed by atoms with Crippen molar-refractivity contribution in [1.82, 2.24) is 5.32 Å². The van der Waals surface area contributed by atoms with Crippen LogP contribution < -0.4 is 5.32 Å². The standard InChI is InChI=1S/C3HNO2S/c5-2-3(6)7-1-4-2/h(H,4,5). The monoisotopic (exact) mass is 115 g/mol. The molecule has 0 unspecified atom stereocenters. The van der Waals surface area contributed by atoms with E-state index in [1.807, 2.05) is 0 Å². The van der Waals surface area contributed by atoms with E-state index in [0.717, 1.165) is 11.8 Å². The van der Waals surface area contributed by atoms with Crippen LogP contribution in [0.1, 0.15) is 0 Å². The van der Waals surface area contributed by atoms with Crippen LogP contribution in [0.3, 0.4) is 0 Å². The van der Waals surface area contributed by atoms with Crippen molar-refractivity contribution in [3.63, 3.8) is 0 Å². The molecule has 1 heterocycles. The van der Waals surface area contributed by atoms with Crippen LogP contribution in [0.4, 0.5) is 0 Å². The third-order valence-corrected chi connectivity index (χ3v) is 1.07. The number of carbonyl (C=O) groups is 2. The minimum atomic E-state index is -0.579. The molecule has 1 N–H and O–H groups in total. The number of carbonyl (C=O) groups excluding carboxylic acids is 2. The van der Waals surface area contributed by atoms with Crippen LogP contribution in [0.5, 0.6) is 0 Å². The third kappa shape index (κ3) is 0.742. The van der Waals surface area contributed by atoms with Gasteiger partial charge in [-0.15, -0.1) is 0 Å². The third-order valence-electron chi connectivity index (χ3n) is 0.494. The zero-order valence-electron chi connectivity index (χ0n) is 3.22. The van der Waals surface area contributed by atoms with Crippen molar-refractivity contribution >= 4 is 22.8 Å². The van der Waals surface area contributed by atoms with E-state index < -0.39 is 11.0 Å². The molecule has 1 rings (SSSR count). The van der Waals surface area contributed by atoms with Crippen LogP contribution in [-0.4, -0.2) is 11.0 Å². The van der Waals surface area contributed by atoms with E-state index in [0.29, 0.717) is 0 Å². The Morgan fingerprint density at radius 1 is 1.57 bits per heavy atom. The Labute approximate surface area is 44.5 Å². The van der Waals surface area contributed by atoms with Crippen LogP contribution in [0.25, 0.3) is 0 Å². The summed E-state index contributed by atoms with van der Waals surface area (Å²) < 4.78 is 0. The fourth-order valence-electron chi connectivity index (χ4n) is 0.216. The lowest BCUT2D eigenvalue weighted by Crippen LogP contribution is -2.16. The van der Waals surface area contributed by atoms with Gasteiger partial charge in [0.15, 0.2) is 5.88 Å². The minimum absolute atomic E-state index is 0.486. The number of thioether (sulfide) groups is 1. The average molecular weight is 115 g/mol.